The molecule has 1 aliphatic carbocycles. The van der Waals surface area contributed by atoms with Gasteiger partial charge in [0.05, 0.1) is 6.10 Å². The van der Waals surface area contributed by atoms with Crippen LogP contribution in [0.3, 0.4) is 0 Å². The second-order valence-electron chi connectivity index (χ2n) is 6.35. The third-order valence-corrected chi connectivity index (χ3v) is 5.00. The number of amides is 1. The fourth-order valence-electron chi connectivity index (χ4n) is 3.46. The summed E-state index contributed by atoms with van der Waals surface area (Å²) in [5.41, 5.74) is 0. The highest BCUT2D eigenvalue weighted by Crippen LogP contribution is 2.33. The smallest absolute Gasteiger partial charge is 0.222 e. The molecule has 2 heterocycles. The van der Waals surface area contributed by atoms with Gasteiger partial charge in [0.1, 0.15) is 0 Å². The molecule has 20 heavy (non-hydrogen) atoms. The Morgan fingerprint density at radius 1 is 1.20 bits per heavy atom. The lowest BCUT2D eigenvalue weighted by molar-refractivity contribution is -0.136. The lowest BCUT2D eigenvalue weighted by Gasteiger charge is -2.44. The fourth-order valence-corrected chi connectivity index (χ4v) is 3.46. The highest BCUT2D eigenvalue weighted by atomic mass is 16.5. The molecule has 0 radical (unpaired) electrons. The molecule has 0 atom stereocenters. The number of nitrogens with zero attached hydrogens (tertiary/aromatic N) is 2. The number of carbonyl (C=O) groups excluding carboxylic acids is 1. The van der Waals surface area contributed by atoms with Gasteiger partial charge in [0.2, 0.25) is 5.91 Å². The van der Waals surface area contributed by atoms with E-state index in [0.717, 1.165) is 65.1 Å². The summed E-state index contributed by atoms with van der Waals surface area (Å²) < 4.78 is 5.56. The Hall–Kier alpha value is -0.650. The average Bonchev–Trinajstić information content (AvgIpc) is 2.35. The van der Waals surface area contributed by atoms with Gasteiger partial charge in [0, 0.05) is 58.3 Å². The SMILES string of the molecule is CCOC1CC(CC(=O)N2CCN(C3CNC3)CC2)C1. The Morgan fingerprint density at radius 2 is 1.90 bits per heavy atom. The monoisotopic (exact) mass is 281 g/mol. The van der Waals surface area contributed by atoms with E-state index in [4.69, 9.17) is 4.74 Å². The fraction of sp³-hybridized carbons (Fsp3) is 0.933. The lowest BCUT2D eigenvalue weighted by atomic mass is 9.79. The van der Waals surface area contributed by atoms with Gasteiger partial charge in [-0.3, -0.25) is 9.69 Å². The summed E-state index contributed by atoms with van der Waals surface area (Å²) in [5, 5.41) is 3.31. The van der Waals surface area contributed by atoms with Crippen LogP contribution in [0.15, 0.2) is 0 Å². The number of nitrogens with one attached hydrogen (secondary N) is 1. The van der Waals surface area contributed by atoms with E-state index in [1.165, 1.54) is 0 Å². The number of ether oxygens (including phenoxy) is 1. The molecule has 0 bridgehead atoms. The predicted octanol–water partition coefficient (Wildman–Crippen LogP) is 0.308. The van der Waals surface area contributed by atoms with Crippen molar-refractivity contribution in [1.82, 2.24) is 15.1 Å². The maximum atomic E-state index is 12.3. The normalized spacial score (nSPS) is 31.8. The topological polar surface area (TPSA) is 44.8 Å². The first-order chi connectivity index (χ1) is 9.76. The second kappa shape index (κ2) is 6.41. The van der Waals surface area contributed by atoms with Crippen molar-refractivity contribution in [2.75, 3.05) is 45.9 Å². The van der Waals surface area contributed by atoms with E-state index in [0.29, 0.717) is 24.0 Å². The van der Waals surface area contributed by atoms with Gasteiger partial charge in [-0.05, 0) is 25.7 Å². The van der Waals surface area contributed by atoms with Gasteiger partial charge in [-0.1, -0.05) is 0 Å². The molecular weight excluding hydrogens is 254 g/mol. The molecule has 2 saturated heterocycles. The highest BCUT2D eigenvalue weighted by molar-refractivity contribution is 5.76. The van der Waals surface area contributed by atoms with Crippen LogP contribution in [0.5, 0.6) is 0 Å². The second-order valence-corrected chi connectivity index (χ2v) is 6.35. The molecule has 3 fully saturated rings. The summed E-state index contributed by atoms with van der Waals surface area (Å²) in [4.78, 5) is 16.9. The van der Waals surface area contributed by atoms with Crippen LogP contribution in [-0.2, 0) is 9.53 Å². The van der Waals surface area contributed by atoms with Gasteiger partial charge in [-0.2, -0.15) is 0 Å². The Morgan fingerprint density at radius 3 is 2.45 bits per heavy atom. The Bertz CT molecular complexity index is 332. The first-order valence-electron chi connectivity index (χ1n) is 8.10. The molecule has 1 saturated carbocycles. The van der Waals surface area contributed by atoms with Crippen LogP contribution in [-0.4, -0.2) is 73.7 Å². The molecule has 5 heteroatoms. The zero-order valence-corrected chi connectivity index (χ0v) is 12.5. The Labute approximate surface area is 121 Å². The minimum atomic E-state index is 0.358. The van der Waals surface area contributed by atoms with Crippen LogP contribution in [0.4, 0.5) is 0 Å². The van der Waals surface area contributed by atoms with Crippen LogP contribution in [0, 0.1) is 5.92 Å². The molecule has 1 amide bonds. The molecule has 3 aliphatic rings. The maximum Gasteiger partial charge on any atom is 0.222 e. The van der Waals surface area contributed by atoms with E-state index in [-0.39, 0.29) is 0 Å². The third-order valence-electron chi connectivity index (χ3n) is 5.00. The molecule has 3 rings (SSSR count). The van der Waals surface area contributed by atoms with Crippen molar-refractivity contribution >= 4 is 5.91 Å². The molecule has 0 aromatic heterocycles. The number of piperazine rings is 1. The minimum Gasteiger partial charge on any atom is -0.378 e. The Balaban J connectivity index is 1.34. The van der Waals surface area contributed by atoms with Gasteiger partial charge >= 0.3 is 0 Å². The largest absolute Gasteiger partial charge is 0.378 e. The number of rotatable bonds is 5. The molecular formula is C15H27N3O2. The van der Waals surface area contributed by atoms with Gasteiger partial charge in [-0.15, -0.1) is 0 Å². The molecule has 1 N–H and O–H groups in total. The number of carbonyl (C=O) groups is 1. The van der Waals surface area contributed by atoms with Crippen LogP contribution in [0.2, 0.25) is 0 Å². The number of hydrogen-bond donors (Lipinski definition) is 1. The first kappa shape index (κ1) is 14.3. The van der Waals surface area contributed by atoms with E-state index in [1.807, 2.05) is 6.92 Å². The summed E-state index contributed by atoms with van der Waals surface area (Å²) in [6, 6.07) is 0.714. The maximum absolute atomic E-state index is 12.3. The zero-order chi connectivity index (χ0) is 13.9. The van der Waals surface area contributed by atoms with E-state index in [2.05, 4.69) is 15.1 Å². The number of hydrogen-bond acceptors (Lipinski definition) is 4. The van der Waals surface area contributed by atoms with Gasteiger partial charge < -0.3 is 15.0 Å². The summed E-state index contributed by atoms with van der Waals surface area (Å²) in [5.74, 6) is 0.921. The predicted molar refractivity (Wildman–Crippen MR) is 77.6 cm³/mol. The molecule has 0 unspecified atom stereocenters. The average molecular weight is 281 g/mol. The van der Waals surface area contributed by atoms with Gasteiger partial charge in [0.25, 0.3) is 0 Å². The standard InChI is InChI=1S/C15H27N3O2/c1-2-20-14-7-12(8-14)9-15(19)18-5-3-17(4-6-18)13-10-16-11-13/h12-14,16H,2-11H2,1H3. The molecule has 0 aromatic rings. The quantitative estimate of drug-likeness (QED) is 0.788. The van der Waals surface area contributed by atoms with Crippen molar-refractivity contribution < 1.29 is 9.53 Å². The van der Waals surface area contributed by atoms with Crippen molar-refractivity contribution in [3.8, 4) is 0 Å². The van der Waals surface area contributed by atoms with Crippen LogP contribution in [0.25, 0.3) is 0 Å². The summed E-state index contributed by atoms with van der Waals surface area (Å²) in [7, 11) is 0. The highest BCUT2D eigenvalue weighted by Gasteiger charge is 2.34. The van der Waals surface area contributed by atoms with Gasteiger partial charge in [-0.25, -0.2) is 0 Å². The van der Waals surface area contributed by atoms with Crippen LogP contribution < -0.4 is 5.32 Å². The third kappa shape index (κ3) is 3.15. The summed E-state index contributed by atoms with van der Waals surface area (Å²) in [6.45, 7) is 8.99. The van der Waals surface area contributed by atoms with Crippen molar-refractivity contribution in [2.24, 2.45) is 5.92 Å². The molecule has 114 valence electrons. The van der Waals surface area contributed by atoms with E-state index in [9.17, 15) is 4.79 Å². The molecule has 2 aliphatic heterocycles. The zero-order valence-electron chi connectivity index (χ0n) is 12.5. The van der Waals surface area contributed by atoms with Gasteiger partial charge in [0.15, 0.2) is 0 Å². The minimum absolute atomic E-state index is 0.358. The van der Waals surface area contributed by atoms with Crippen molar-refractivity contribution in [2.45, 2.75) is 38.3 Å². The molecule has 0 aromatic carbocycles. The van der Waals surface area contributed by atoms with E-state index >= 15 is 0 Å². The lowest BCUT2D eigenvalue weighted by Crippen LogP contribution is -2.62. The van der Waals surface area contributed by atoms with Crippen LogP contribution in [0.1, 0.15) is 26.2 Å². The first-order valence-corrected chi connectivity index (χ1v) is 8.10. The van der Waals surface area contributed by atoms with Crippen molar-refractivity contribution in [3.63, 3.8) is 0 Å². The van der Waals surface area contributed by atoms with E-state index in [1.54, 1.807) is 0 Å². The van der Waals surface area contributed by atoms with Crippen LogP contribution >= 0.6 is 0 Å². The molecule has 5 nitrogen and oxygen atoms in total. The summed E-state index contributed by atoms with van der Waals surface area (Å²) >= 11 is 0. The Kier molecular flexibility index (Phi) is 4.58. The van der Waals surface area contributed by atoms with Crippen molar-refractivity contribution in [3.05, 3.63) is 0 Å². The van der Waals surface area contributed by atoms with E-state index < -0.39 is 0 Å². The van der Waals surface area contributed by atoms with Crippen molar-refractivity contribution in [1.29, 1.82) is 0 Å². The summed E-state index contributed by atoms with van der Waals surface area (Å²) in [6.07, 6.45) is 3.30. The molecule has 0 spiro atoms.